The van der Waals surface area contributed by atoms with E-state index in [0.29, 0.717) is 5.82 Å². The van der Waals surface area contributed by atoms with Crippen LogP contribution < -0.4 is 4.90 Å². The van der Waals surface area contributed by atoms with E-state index in [1.807, 2.05) is 18.7 Å². The number of alkyl halides is 3. The van der Waals surface area contributed by atoms with Crippen LogP contribution in [0.2, 0.25) is 0 Å². The van der Waals surface area contributed by atoms with E-state index in [-0.39, 0.29) is 0 Å². The zero-order valence-corrected chi connectivity index (χ0v) is 13.6. The molecule has 1 fully saturated rings. The lowest BCUT2D eigenvalue weighted by atomic mass is 10.1. The van der Waals surface area contributed by atoms with E-state index in [1.54, 1.807) is 0 Å². The van der Waals surface area contributed by atoms with E-state index in [2.05, 4.69) is 15.0 Å². The molecule has 1 saturated heterocycles. The van der Waals surface area contributed by atoms with Gasteiger partial charge in [0.15, 0.2) is 0 Å². The normalized spacial score (nSPS) is 16.6. The molecule has 0 atom stereocenters. The lowest BCUT2D eigenvalue weighted by molar-refractivity contribution is -0.137. The Morgan fingerprint density at radius 3 is 2.33 bits per heavy atom. The van der Waals surface area contributed by atoms with Gasteiger partial charge in [0, 0.05) is 44.5 Å². The van der Waals surface area contributed by atoms with Gasteiger partial charge in [-0.1, -0.05) is 5.16 Å². The molecular weight excluding hydrogens is 321 g/mol. The smallest absolute Gasteiger partial charge is 0.361 e. The fraction of sp³-hybridized carbons (Fsp3) is 0.500. The molecule has 0 saturated carbocycles. The van der Waals surface area contributed by atoms with Gasteiger partial charge in [-0.15, -0.1) is 0 Å². The Bertz CT molecular complexity index is 669. The zero-order chi connectivity index (χ0) is 17.3. The van der Waals surface area contributed by atoms with Crippen LogP contribution in [0.3, 0.4) is 0 Å². The molecule has 3 rings (SSSR count). The van der Waals surface area contributed by atoms with Gasteiger partial charge in [-0.25, -0.2) is 4.98 Å². The Morgan fingerprint density at radius 2 is 1.83 bits per heavy atom. The number of aromatic nitrogens is 2. The van der Waals surface area contributed by atoms with Gasteiger partial charge in [0.1, 0.15) is 11.6 Å². The Kier molecular flexibility index (Phi) is 4.49. The Balaban J connectivity index is 1.59. The van der Waals surface area contributed by atoms with Crippen molar-refractivity contribution in [3.63, 3.8) is 0 Å². The molecule has 0 N–H and O–H groups in total. The minimum Gasteiger partial charge on any atom is -0.361 e. The van der Waals surface area contributed by atoms with Gasteiger partial charge in [0.25, 0.3) is 0 Å². The van der Waals surface area contributed by atoms with Crippen LogP contribution in [0.4, 0.5) is 19.0 Å². The summed E-state index contributed by atoms with van der Waals surface area (Å²) in [6, 6.07) is 2.52. The minimum atomic E-state index is -4.35. The van der Waals surface area contributed by atoms with Crippen molar-refractivity contribution in [2.45, 2.75) is 26.6 Å². The van der Waals surface area contributed by atoms with Crippen LogP contribution in [0, 0.1) is 13.8 Å². The highest BCUT2D eigenvalue weighted by Gasteiger charge is 2.31. The van der Waals surface area contributed by atoms with Crippen LogP contribution in [0.15, 0.2) is 22.9 Å². The van der Waals surface area contributed by atoms with Crippen LogP contribution in [-0.2, 0) is 12.7 Å². The van der Waals surface area contributed by atoms with Crippen LogP contribution in [-0.4, -0.2) is 41.2 Å². The van der Waals surface area contributed by atoms with Gasteiger partial charge in [0.2, 0.25) is 0 Å². The Hall–Kier alpha value is -2.09. The van der Waals surface area contributed by atoms with E-state index in [0.717, 1.165) is 62.0 Å². The van der Waals surface area contributed by atoms with Crippen LogP contribution in [0.1, 0.15) is 22.6 Å². The van der Waals surface area contributed by atoms with Crippen LogP contribution in [0.5, 0.6) is 0 Å². The third-order valence-corrected chi connectivity index (χ3v) is 4.33. The molecule has 24 heavy (non-hydrogen) atoms. The number of halogens is 3. The van der Waals surface area contributed by atoms with Crippen molar-refractivity contribution in [2.24, 2.45) is 0 Å². The molecule has 0 unspecified atom stereocenters. The van der Waals surface area contributed by atoms with Crippen LogP contribution in [0.25, 0.3) is 0 Å². The standard InChI is InChI=1S/C16H19F3N4O/c1-11-14(12(2)24-21-11)10-22-5-7-23(8-6-22)15-4-3-13(9-20-15)16(17,18)19/h3-4,9H,5-8,10H2,1-2H3. The molecule has 0 radical (unpaired) electrons. The molecule has 130 valence electrons. The number of aryl methyl sites for hydroxylation is 2. The average molecular weight is 340 g/mol. The highest BCUT2D eigenvalue weighted by atomic mass is 19.4. The molecule has 1 aliphatic heterocycles. The first-order valence-electron chi connectivity index (χ1n) is 7.77. The van der Waals surface area contributed by atoms with Gasteiger partial charge in [-0.2, -0.15) is 13.2 Å². The Labute approximate surface area is 138 Å². The van der Waals surface area contributed by atoms with E-state index in [1.165, 1.54) is 6.07 Å². The SMILES string of the molecule is Cc1noc(C)c1CN1CCN(c2ccc(C(F)(F)F)cn2)CC1. The molecule has 3 heterocycles. The van der Waals surface area contributed by atoms with Crippen molar-refractivity contribution in [3.8, 4) is 0 Å². The summed E-state index contributed by atoms with van der Waals surface area (Å²) in [6.45, 7) is 7.67. The molecule has 0 spiro atoms. The molecule has 0 aliphatic carbocycles. The first kappa shape index (κ1) is 16.8. The summed E-state index contributed by atoms with van der Waals surface area (Å²) in [5.41, 5.74) is 1.29. The third kappa shape index (κ3) is 3.53. The maximum absolute atomic E-state index is 12.6. The molecular formula is C16H19F3N4O. The number of piperazine rings is 1. The average Bonchev–Trinajstić information content (AvgIpc) is 2.87. The molecule has 0 bridgehead atoms. The summed E-state index contributed by atoms with van der Waals surface area (Å²) in [4.78, 5) is 8.25. The maximum atomic E-state index is 12.6. The molecule has 1 aliphatic rings. The van der Waals surface area contributed by atoms with Gasteiger partial charge in [0.05, 0.1) is 11.3 Å². The van der Waals surface area contributed by atoms with E-state index in [4.69, 9.17) is 4.52 Å². The molecule has 2 aromatic rings. The second-order valence-electron chi connectivity index (χ2n) is 5.97. The number of nitrogens with zero attached hydrogens (tertiary/aromatic N) is 4. The number of rotatable bonds is 3. The third-order valence-electron chi connectivity index (χ3n) is 4.33. The lowest BCUT2D eigenvalue weighted by Crippen LogP contribution is -2.46. The number of hydrogen-bond acceptors (Lipinski definition) is 5. The second-order valence-corrected chi connectivity index (χ2v) is 5.97. The van der Waals surface area contributed by atoms with Gasteiger partial charge in [-0.05, 0) is 26.0 Å². The molecule has 2 aromatic heterocycles. The maximum Gasteiger partial charge on any atom is 0.417 e. The van der Waals surface area contributed by atoms with Crippen molar-refractivity contribution < 1.29 is 17.7 Å². The largest absolute Gasteiger partial charge is 0.417 e. The summed E-state index contributed by atoms with van der Waals surface area (Å²) < 4.78 is 42.9. The Morgan fingerprint density at radius 1 is 1.12 bits per heavy atom. The summed E-state index contributed by atoms with van der Waals surface area (Å²) in [5, 5.41) is 3.96. The molecule has 5 nitrogen and oxygen atoms in total. The van der Waals surface area contributed by atoms with E-state index < -0.39 is 11.7 Å². The minimum absolute atomic E-state index is 0.583. The van der Waals surface area contributed by atoms with E-state index in [9.17, 15) is 13.2 Å². The molecule has 8 heteroatoms. The fourth-order valence-electron chi connectivity index (χ4n) is 2.83. The topological polar surface area (TPSA) is 45.4 Å². The van der Waals surface area contributed by atoms with Crippen LogP contribution >= 0.6 is 0 Å². The fourth-order valence-corrected chi connectivity index (χ4v) is 2.83. The zero-order valence-electron chi connectivity index (χ0n) is 13.6. The number of hydrogen-bond donors (Lipinski definition) is 0. The first-order valence-corrected chi connectivity index (χ1v) is 7.77. The quantitative estimate of drug-likeness (QED) is 0.859. The van der Waals surface area contributed by atoms with Gasteiger partial charge >= 0.3 is 6.18 Å². The molecule has 0 amide bonds. The lowest BCUT2D eigenvalue weighted by Gasteiger charge is -2.35. The second kappa shape index (κ2) is 6.43. The van der Waals surface area contributed by atoms with Gasteiger partial charge < -0.3 is 9.42 Å². The number of anilines is 1. The predicted octanol–water partition coefficient (Wildman–Crippen LogP) is 3.03. The summed E-state index contributed by atoms with van der Waals surface area (Å²) in [7, 11) is 0. The van der Waals surface area contributed by atoms with E-state index >= 15 is 0 Å². The van der Waals surface area contributed by atoms with Crippen molar-refractivity contribution in [1.82, 2.24) is 15.0 Å². The van der Waals surface area contributed by atoms with Crippen molar-refractivity contribution >= 4 is 5.82 Å². The predicted molar refractivity (Wildman–Crippen MR) is 82.7 cm³/mol. The molecule has 0 aromatic carbocycles. The first-order chi connectivity index (χ1) is 11.3. The number of pyridine rings is 1. The summed E-state index contributed by atoms with van der Waals surface area (Å²) in [6.07, 6.45) is -3.45. The van der Waals surface area contributed by atoms with Crippen molar-refractivity contribution in [2.75, 3.05) is 31.1 Å². The van der Waals surface area contributed by atoms with Crippen molar-refractivity contribution in [1.29, 1.82) is 0 Å². The summed E-state index contributed by atoms with van der Waals surface area (Å²) >= 11 is 0. The van der Waals surface area contributed by atoms with Gasteiger partial charge in [-0.3, -0.25) is 4.90 Å². The highest BCUT2D eigenvalue weighted by Crippen LogP contribution is 2.29. The highest BCUT2D eigenvalue weighted by molar-refractivity contribution is 5.40. The summed E-state index contributed by atoms with van der Waals surface area (Å²) in [5.74, 6) is 1.42. The van der Waals surface area contributed by atoms with Crippen molar-refractivity contribution in [3.05, 3.63) is 40.9 Å². The monoisotopic (exact) mass is 340 g/mol.